The molecule has 0 aromatic heterocycles. The van der Waals surface area contributed by atoms with Gasteiger partial charge in [0.05, 0.1) is 0 Å². The first-order valence-corrected chi connectivity index (χ1v) is 5.93. The third kappa shape index (κ3) is 2.11. The van der Waals surface area contributed by atoms with E-state index in [0.29, 0.717) is 6.04 Å². The summed E-state index contributed by atoms with van der Waals surface area (Å²) in [5, 5.41) is 0. The van der Waals surface area contributed by atoms with Crippen molar-refractivity contribution < 1.29 is 4.79 Å². The highest BCUT2D eigenvalue weighted by atomic mass is 35.5. The quantitative estimate of drug-likeness (QED) is 0.661. The van der Waals surface area contributed by atoms with Gasteiger partial charge < -0.3 is 4.90 Å². The predicted octanol–water partition coefficient (Wildman–Crippen LogP) is 2.67. The van der Waals surface area contributed by atoms with Crippen molar-refractivity contribution in [1.29, 1.82) is 0 Å². The highest BCUT2D eigenvalue weighted by Crippen LogP contribution is 2.33. The second kappa shape index (κ2) is 4.35. The molecule has 14 heavy (non-hydrogen) atoms. The van der Waals surface area contributed by atoms with Gasteiger partial charge in [-0.05, 0) is 38.5 Å². The van der Waals surface area contributed by atoms with Gasteiger partial charge in [0.2, 0.25) is 5.91 Å². The zero-order valence-corrected chi connectivity index (χ0v) is 9.09. The van der Waals surface area contributed by atoms with Crippen LogP contribution in [0.2, 0.25) is 0 Å². The van der Waals surface area contributed by atoms with E-state index in [1.54, 1.807) is 0 Å². The summed E-state index contributed by atoms with van der Waals surface area (Å²) in [4.78, 5) is 13.6. The molecule has 1 amide bonds. The van der Waals surface area contributed by atoms with Gasteiger partial charge in [0.25, 0.3) is 0 Å². The Morgan fingerprint density at radius 3 is 2.79 bits per heavy atom. The first-order valence-electron chi connectivity index (χ1n) is 5.40. The fraction of sp³-hybridized carbons (Fsp3) is 0.727. The number of alkyl halides is 1. The van der Waals surface area contributed by atoms with Crippen molar-refractivity contribution in [3.63, 3.8) is 0 Å². The molecule has 0 radical (unpaired) electrons. The van der Waals surface area contributed by atoms with Crippen LogP contribution in [0, 0.1) is 0 Å². The number of carbonyl (C=O) groups is 1. The molecule has 0 aromatic rings. The fourth-order valence-electron chi connectivity index (χ4n) is 2.04. The van der Waals surface area contributed by atoms with Crippen LogP contribution in [0.5, 0.6) is 0 Å². The average Bonchev–Trinajstić information content (AvgIpc) is 3.04. The maximum Gasteiger partial charge on any atom is 0.241 e. The van der Waals surface area contributed by atoms with E-state index in [1.165, 1.54) is 18.5 Å². The van der Waals surface area contributed by atoms with E-state index in [9.17, 15) is 4.79 Å². The molecule has 0 unspecified atom stereocenters. The van der Waals surface area contributed by atoms with Crippen molar-refractivity contribution >= 4 is 17.5 Å². The van der Waals surface area contributed by atoms with Crippen molar-refractivity contribution in [2.24, 2.45) is 0 Å². The molecule has 2 rings (SSSR count). The van der Waals surface area contributed by atoms with Gasteiger partial charge in [-0.1, -0.05) is 6.08 Å². The number of carbonyl (C=O) groups excluding carboxylic acids is 1. The zero-order valence-electron chi connectivity index (χ0n) is 8.34. The molecule has 1 fully saturated rings. The monoisotopic (exact) mass is 213 g/mol. The number of nitrogens with zero attached hydrogens (tertiary/aromatic N) is 1. The van der Waals surface area contributed by atoms with Gasteiger partial charge in [-0.25, -0.2) is 0 Å². The van der Waals surface area contributed by atoms with E-state index in [-0.39, 0.29) is 11.8 Å². The number of rotatable bonds is 3. The largest absolute Gasteiger partial charge is 0.312 e. The predicted molar refractivity (Wildman–Crippen MR) is 57.1 cm³/mol. The summed E-state index contributed by atoms with van der Waals surface area (Å²) in [7, 11) is 0. The van der Waals surface area contributed by atoms with Gasteiger partial charge in [-0.2, -0.15) is 0 Å². The molecule has 0 aromatic carbocycles. The Balaban J connectivity index is 2.08. The lowest BCUT2D eigenvalue weighted by atomic mass is 10.0. The van der Waals surface area contributed by atoms with E-state index in [2.05, 4.69) is 6.08 Å². The number of hydrogen-bond donors (Lipinski definition) is 0. The molecule has 0 spiro atoms. The number of amides is 1. The molecule has 0 heterocycles. The van der Waals surface area contributed by atoms with Crippen LogP contribution in [0.25, 0.3) is 0 Å². The summed E-state index contributed by atoms with van der Waals surface area (Å²) in [5.41, 5.74) is 1.23. The molecule has 0 saturated heterocycles. The highest BCUT2D eigenvalue weighted by molar-refractivity contribution is 6.27. The summed E-state index contributed by atoms with van der Waals surface area (Å²) in [5.74, 6) is 0.204. The maximum absolute atomic E-state index is 11.6. The lowest BCUT2D eigenvalue weighted by Crippen LogP contribution is -2.33. The Morgan fingerprint density at radius 2 is 2.29 bits per heavy atom. The third-order valence-corrected chi connectivity index (χ3v) is 3.10. The molecule has 78 valence electrons. The zero-order chi connectivity index (χ0) is 9.97. The molecule has 3 heteroatoms. The molecule has 2 aliphatic rings. The molecule has 0 N–H and O–H groups in total. The van der Waals surface area contributed by atoms with E-state index < -0.39 is 0 Å². The number of hydrogen-bond acceptors (Lipinski definition) is 1. The fourth-order valence-corrected chi connectivity index (χ4v) is 2.16. The van der Waals surface area contributed by atoms with Gasteiger partial charge in [-0.3, -0.25) is 4.79 Å². The average molecular weight is 214 g/mol. The lowest BCUT2D eigenvalue weighted by molar-refractivity contribution is -0.127. The Morgan fingerprint density at radius 1 is 1.50 bits per heavy atom. The smallest absolute Gasteiger partial charge is 0.241 e. The van der Waals surface area contributed by atoms with E-state index in [4.69, 9.17) is 11.6 Å². The minimum absolute atomic E-state index is 0.0855. The minimum Gasteiger partial charge on any atom is -0.312 e. The molecule has 0 atom stereocenters. The van der Waals surface area contributed by atoms with Crippen LogP contribution < -0.4 is 0 Å². The Bertz CT molecular complexity index is 258. The third-order valence-electron chi connectivity index (χ3n) is 2.87. The van der Waals surface area contributed by atoms with Gasteiger partial charge in [0.1, 0.15) is 5.88 Å². The summed E-state index contributed by atoms with van der Waals surface area (Å²) in [6.07, 6.45) is 9.17. The van der Waals surface area contributed by atoms with Gasteiger partial charge >= 0.3 is 0 Å². The van der Waals surface area contributed by atoms with Crippen molar-refractivity contribution in [3.05, 3.63) is 11.8 Å². The standard InChI is InChI=1S/C11H16ClNO/c12-8-11(14)13(10-6-7-10)9-4-2-1-3-5-9/h4,10H,1-3,5-8H2. The minimum atomic E-state index is 0.0855. The topological polar surface area (TPSA) is 20.3 Å². The SMILES string of the molecule is O=C(CCl)N(C1=CCCCC1)C1CC1. The molecule has 2 aliphatic carbocycles. The van der Waals surface area contributed by atoms with Crippen molar-refractivity contribution in [2.45, 2.75) is 44.6 Å². The van der Waals surface area contributed by atoms with Crippen molar-refractivity contribution in [2.75, 3.05) is 5.88 Å². The van der Waals surface area contributed by atoms with Gasteiger partial charge in [-0.15, -0.1) is 11.6 Å². The van der Waals surface area contributed by atoms with Crippen LogP contribution in [0.15, 0.2) is 11.8 Å². The molecule has 2 nitrogen and oxygen atoms in total. The summed E-state index contributed by atoms with van der Waals surface area (Å²) >= 11 is 5.62. The van der Waals surface area contributed by atoms with Crippen LogP contribution >= 0.6 is 11.6 Å². The van der Waals surface area contributed by atoms with Crippen LogP contribution in [0.1, 0.15) is 38.5 Å². The van der Waals surface area contributed by atoms with Crippen LogP contribution in [-0.2, 0) is 4.79 Å². The van der Waals surface area contributed by atoms with Crippen LogP contribution in [-0.4, -0.2) is 22.7 Å². The van der Waals surface area contributed by atoms with Crippen molar-refractivity contribution in [1.82, 2.24) is 4.90 Å². The first-order chi connectivity index (χ1) is 6.83. The normalized spacial score (nSPS) is 21.6. The van der Waals surface area contributed by atoms with Crippen LogP contribution in [0.4, 0.5) is 0 Å². The van der Waals surface area contributed by atoms with Crippen molar-refractivity contribution in [3.8, 4) is 0 Å². The molecule has 0 aliphatic heterocycles. The second-order valence-corrected chi connectivity index (χ2v) is 4.34. The Hall–Kier alpha value is -0.500. The van der Waals surface area contributed by atoms with E-state index in [1.807, 2.05) is 4.90 Å². The van der Waals surface area contributed by atoms with E-state index >= 15 is 0 Å². The summed E-state index contributed by atoms with van der Waals surface area (Å²) in [6.45, 7) is 0. The maximum atomic E-state index is 11.6. The Kier molecular flexibility index (Phi) is 3.12. The number of allylic oxidation sites excluding steroid dienone is 2. The molecular weight excluding hydrogens is 198 g/mol. The highest BCUT2D eigenvalue weighted by Gasteiger charge is 2.34. The lowest BCUT2D eigenvalue weighted by Gasteiger charge is -2.27. The molecule has 1 saturated carbocycles. The number of halogens is 1. The first kappa shape index (κ1) is 10.0. The van der Waals surface area contributed by atoms with Crippen LogP contribution in [0.3, 0.4) is 0 Å². The molecule has 0 bridgehead atoms. The second-order valence-electron chi connectivity index (χ2n) is 4.07. The summed E-state index contributed by atoms with van der Waals surface area (Å²) < 4.78 is 0. The van der Waals surface area contributed by atoms with Gasteiger partial charge in [0.15, 0.2) is 0 Å². The summed E-state index contributed by atoms with van der Waals surface area (Å²) in [6, 6.07) is 0.464. The molecular formula is C11H16ClNO. The Labute approximate surface area is 89.9 Å². The van der Waals surface area contributed by atoms with E-state index in [0.717, 1.165) is 25.7 Å². The van der Waals surface area contributed by atoms with Gasteiger partial charge in [0, 0.05) is 11.7 Å².